The third-order valence-electron chi connectivity index (χ3n) is 2.55. The molecule has 0 fully saturated rings. The summed E-state index contributed by atoms with van der Waals surface area (Å²) in [6.45, 7) is 1.61. The molecule has 10 nitrogen and oxygen atoms in total. The van der Waals surface area contributed by atoms with E-state index in [2.05, 4.69) is 25.9 Å². The third-order valence-corrected chi connectivity index (χ3v) is 2.55. The highest BCUT2D eigenvalue weighted by Crippen LogP contribution is 2.29. The van der Waals surface area contributed by atoms with Crippen LogP contribution in [-0.4, -0.2) is 36.6 Å². The van der Waals surface area contributed by atoms with Crippen LogP contribution in [0.2, 0.25) is 0 Å². The van der Waals surface area contributed by atoms with Crippen molar-refractivity contribution in [3.63, 3.8) is 0 Å². The number of H-pyrrole nitrogens is 1. The molecule has 1 amide bonds. The molecular formula is C10H10N6O4. The maximum atomic E-state index is 12.0. The fraction of sp³-hybridized carbons (Fsp3) is 0.200. The van der Waals surface area contributed by atoms with E-state index in [0.717, 1.165) is 6.07 Å². The number of hydrogen-bond donors (Lipinski definition) is 3. The SMILES string of the molecule is CC(NC(=O)c1cccc([N+](=O)[O-])c1O)c1nn[nH]n1. The zero-order valence-corrected chi connectivity index (χ0v) is 10.3. The van der Waals surface area contributed by atoms with Crippen molar-refractivity contribution >= 4 is 11.6 Å². The lowest BCUT2D eigenvalue weighted by atomic mass is 10.1. The fourth-order valence-corrected chi connectivity index (χ4v) is 1.55. The Morgan fingerprint density at radius 2 is 2.30 bits per heavy atom. The highest BCUT2D eigenvalue weighted by molar-refractivity contribution is 5.98. The van der Waals surface area contributed by atoms with E-state index >= 15 is 0 Å². The summed E-state index contributed by atoms with van der Waals surface area (Å²) in [5.74, 6) is -1.11. The molecule has 1 atom stereocenters. The minimum absolute atomic E-state index is 0.199. The summed E-state index contributed by atoms with van der Waals surface area (Å²) in [6, 6.07) is 3.13. The number of tetrazole rings is 1. The van der Waals surface area contributed by atoms with Crippen molar-refractivity contribution in [2.24, 2.45) is 0 Å². The second-order valence-electron chi connectivity index (χ2n) is 3.90. The zero-order chi connectivity index (χ0) is 14.7. The first-order valence-electron chi connectivity index (χ1n) is 5.51. The predicted molar refractivity (Wildman–Crippen MR) is 64.8 cm³/mol. The molecule has 1 aromatic carbocycles. The van der Waals surface area contributed by atoms with Crippen LogP contribution in [0.3, 0.4) is 0 Å². The van der Waals surface area contributed by atoms with Gasteiger partial charge in [0.15, 0.2) is 5.82 Å². The normalized spacial score (nSPS) is 11.8. The Morgan fingerprint density at radius 1 is 1.55 bits per heavy atom. The average Bonchev–Trinajstić information content (AvgIpc) is 2.92. The molecule has 1 heterocycles. The van der Waals surface area contributed by atoms with Gasteiger partial charge >= 0.3 is 5.69 Å². The van der Waals surface area contributed by atoms with Gasteiger partial charge in [-0.15, -0.1) is 10.2 Å². The molecule has 2 aromatic rings. The maximum Gasteiger partial charge on any atom is 0.311 e. The minimum atomic E-state index is -0.769. The summed E-state index contributed by atoms with van der Waals surface area (Å²) in [5, 5.41) is 35.9. The van der Waals surface area contributed by atoms with E-state index in [9.17, 15) is 20.0 Å². The average molecular weight is 278 g/mol. The molecule has 10 heteroatoms. The molecule has 0 aliphatic rings. The number of nitrogens with one attached hydrogen (secondary N) is 2. The van der Waals surface area contributed by atoms with Crippen molar-refractivity contribution in [1.29, 1.82) is 0 Å². The summed E-state index contributed by atoms with van der Waals surface area (Å²) in [6.07, 6.45) is 0. The molecule has 3 N–H and O–H groups in total. The number of phenolic OH excluding ortho intramolecular Hbond substituents is 1. The van der Waals surface area contributed by atoms with E-state index in [-0.39, 0.29) is 11.4 Å². The molecule has 0 bridgehead atoms. The number of carbonyl (C=O) groups excluding carboxylic acids is 1. The number of aromatic nitrogens is 4. The summed E-state index contributed by atoms with van der Waals surface area (Å²) in [5.41, 5.74) is -0.737. The van der Waals surface area contributed by atoms with Gasteiger partial charge in [0, 0.05) is 6.07 Å². The molecule has 1 aromatic heterocycles. The van der Waals surface area contributed by atoms with Crippen molar-refractivity contribution in [2.45, 2.75) is 13.0 Å². The van der Waals surface area contributed by atoms with Crippen molar-refractivity contribution in [2.75, 3.05) is 0 Å². The molecule has 0 saturated carbocycles. The Morgan fingerprint density at radius 3 is 2.90 bits per heavy atom. The second-order valence-corrected chi connectivity index (χ2v) is 3.90. The number of hydrogen-bond acceptors (Lipinski definition) is 7. The van der Waals surface area contributed by atoms with E-state index in [1.165, 1.54) is 12.1 Å². The number of benzene rings is 1. The standard InChI is InChI=1S/C10H10N6O4/c1-5(9-12-14-15-13-9)11-10(18)6-3-2-4-7(8(6)17)16(19)20/h2-5,17H,1H3,(H,11,18)(H,12,13,14,15). The summed E-state index contributed by atoms with van der Waals surface area (Å²) in [4.78, 5) is 21.9. The van der Waals surface area contributed by atoms with Crippen LogP contribution in [-0.2, 0) is 0 Å². The summed E-state index contributed by atoms with van der Waals surface area (Å²) < 4.78 is 0. The van der Waals surface area contributed by atoms with Gasteiger partial charge in [0.1, 0.15) is 0 Å². The van der Waals surface area contributed by atoms with Gasteiger partial charge in [-0.2, -0.15) is 5.21 Å². The van der Waals surface area contributed by atoms with Crippen molar-refractivity contribution in [1.82, 2.24) is 25.9 Å². The van der Waals surface area contributed by atoms with E-state index in [4.69, 9.17) is 0 Å². The Kier molecular flexibility index (Phi) is 3.55. The monoisotopic (exact) mass is 278 g/mol. The lowest BCUT2D eigenvalue weighted by Gasteiger charge is -2.10. The minimum Gasteiger partial charge on any atom is -0.502 e. The molecule has 0 radical (unpaired) electrons. The zero-order valence-electron chi connectivity index (χ0n) is 10.3. The molecule has 0 spiro atoms. The number of aromatic amines is 1. The van der Waals surface area contributed by atoms with E-state index in [0.29, 0.717) is 0 Å². The second kappa shape index (κ2) is 5.30. The molecule has 2 rings (SSSR count). The molecule has 104 valence electrons. The van der Waals surface area contributed by atoms with E-state index < -0.39 is 28.3 Å². The van der Waals surface area contributed by atoms with Crippen LogP contribution >= 0.6 is 0 Å². The maximum absolute atomic E-state index is 12.0. The van der Waals surface area contributed by atoms with Crippen LogP contribution in [0, 0.1) is 10.1 Å². The Balaban J connectivity index is 2.22. The number of aromatic hydroxyl groups is 1. The highest BCUT2D eigenvalue weighted by atomic mass is 16.6. The number of nitro groups is 1. The lowest BCUT2D eigenvalue weighted by Crippen LogP contribution is -2.27. The molecular weight excluding hydrogens is 268 g/mol. The Hall–Kier alpha value is -3.04. The molecule has 1 unspecified atom stereocenters. The van der Waals surface area contributed by atoms with Gasteiger partial charge in [-0.05, 0) is 13.0 Å². The first kappa shape index (κ1) is 13.4. The predicted octanol–water partition coefficient (Wildman–Crippen LogP) is 0.304. The van der Waals surface area contributed by atoms with Crippen molar-refractivity contribution < 1.29 is 14.8 Å². The largest absolute Gasteiger partial charge is 0.502 e. The first-order valence-corrected chi connectivity index (χ1v) is 5.51. The van der Waals surface area contributed by atoms with Gasteiger partial charge in [-0.25, -0.2) is 0 Å². The number of rotatable bonds is 4. The summed E-state index contributed by atoms with van der Waals surface area (Å²) >= 11 is 0. The van der Waals surface area contributed by atoms with Crippen LogP contribution in [0.25, 0.3) is 0 Å². The third kappa shape index (κ3) is 2.53. The molecule has 0 aliphatic heterocycles. The van der Waals surface area contributed by atoms with Crippen LogP contribution in [0.4, 0.5) is 5.69 Å². The van der Waals surface area contributed by atoms with Crippen LogP contribution in [0.15, 0.2) is 18.2 Å². The molecule has 0 saturated heterocycles. The van der Waals surface area contributed by atoms with Gasteiger partial charge < -0.3 is 10.4 Å². The molecule has 20 heavy (non-hydrogen) atoms. The van der Waals surface area contributed by atoms with Crippen LogP contribution < -0.4 is 5.32 Å². The number of amides is 1. The first-order chi connectivity index (χ1) is 9.50. The fourth-order valence-electron chi connectivity index (χ4n) is 1.55. The lowest BCUT2D eigenvalue weighted by molar-refractivity contribution is -0.385. The Labute approximate surface area is 112 Å². The quantitative estimate of drug-likeness (QED) is 0.538. The van der Waals surface area contributed by atoms with Crippen LogP contribution in [0.5, 0.6) is 5.75 Å². The summed E-state index contributed by atoms with van der Waals surface area (Å²) in [7, 11) is 0. The van der Waals surface area contributed by atoms with Gasteiger partial charge in [0.2, 0.25) is 5.75 Å². The Bertz CT molecular complexity index is 641. The number of carbonyl (C=O) groups is 1. The van der Waals surface area contributed by atoms with Gasteiger partial charge in [0.25, 0.3) is 5.91 Å². The van der Waals surface area contributed by atoms with Gasteiger partial charge in [-0.1, -0.05) is 11.3 Å². The smallest absolute Gasteiger partial charge is 0.311 e. The topological polar surface area (TPSA) is 147 Å². The van der Waals surface area contributed by atoms with Gasteiger partial charge in [-0.3, -0.25) is 14.9 Å². The highest BCUT2D eigenvalue weighted by Gasteiger charge is 2.22. The van der Waals surface area contributed by atoms with Crippen molar-refractivity contribution in [3.05, 3.63) is 39.7 Å². The number of nitrogens with zero attached hydrogens (tertiary/aromatic N) is 4. The van der Waals surface area contributed by atoms with E-state index in [1.807, 2.05) is 0 Å². The van der Waals surface area contributed by atoms with Gasteiger partial charge in [0.05, 0.1) is 16.5 Å². The van der Waals surface area contributed by atoms with Crippen molar-refractivity contribution in [3.8, 4) is 5.75 Å². The number of para-hydroxylation sites is 1. The van der Waals surface area contributed by atoms with Crippen LogP contribution in [0.1, 0.15) is 29.1 Å². The number of phenols is 1. The molecule has 0 aliphatic carbocycles. The van der Waals surface area contributed by atoms with E-state index in [1.54, 1.807) is 6.92 Å². The number of nitro benzene ring substituents is 1.